The molecule has 1 aromatic carbocycles. The molecule has 0 heterocycles. The summed E-state index contributed by atoms with van der Waals surface area (Å²) in [4.78, 5) is 12.0. The smallest absolute Gasteiger partial charge is 0.271 e. The Bertz CT molecular complexity index is 4570. The lowest BCUT2D eigenvalue weighted by atomic mass is 9.43. The zero-order valence-corrected chi connectivity index (χ0v) is 78.8. The molecule has 30 nitrogen and oxygen atoms in total. The second-order valence-corrected chi connectivity index (χ2v) is 54.9. The predicted octanol–water partition coefficient (Wildman–Crippen LogP) is 9.43. The Morgan fingerprint density at radius 2 is 0.867 bits per heavy atom. The number of hydrogen-bond donors (Lipinski definition) is 15. The topological polar surface area (TPSA) is 592 Å². The molecule has 120 heavy (non-hydrogen) atoms. The third-order valence-electron chi connectivity index (χ3n) is 37.4. The summed E-state index contributed by atoms with van der Waals surface area (Å²) in [7, 11) is -28.0. The lowest BCUT2D eigenvalue weighted by Crippen LogP contribution is -2.57. The molecule has 37 heteroatoms. The third-order valence-corrected chi connectivity index (χ3v) is 47.6. The van der Waals surface area contributed by atoms with Gasteiger partial charge in [0.2, 0.25) is 5.91 Å². The molecule has 16 saturated carbocycles. The van der Waals surface area contributed by atoms with Crippen LogP contribution in [-0.2, 0) is 75.6 Å². The number of benzene rings is 1. The zero-order valence-electron chi connectivity index (χ0n) is 73.1. The molecule has 16 fully saturated rings. The molecule has 15 unspecified atom stereocenters. The summed E-state index contributed by atoms with van der Waals surface area (Å²) in [5, 5.41) is 0.777. The maximum Gasteiger partial charge on any atom is 0.271 e. The fourth-order valence-corrected chi connectivity index (χ4v) is 41.8. The molecule has 0 aromatic heterocycles. The molecule has 694 valence electrons. The van der Waals surface area contributed by atoms with E-state index in [1.807, 2.05) is 58.0 Å². The van der Waals surface area contributed by atoms with Crippen LogP contribution in [0.1, 0.15) is 232 Å². The fourth-order valence-electron chi connectivity index (χ4n) is 30.9. The number of fused-ring (bicyclic) bond motifs is 12. The first kappa shape index (κ1) is 99.8. The molecule has 0 saturated heterocycles. The van der Waals surface area contributed by atoms with Gasteiger partial charge >= 0.3 is 0 Å². The van der Waals surface area contributed by atoms with Crippen molar-refractivity contribution < 1.29 is 95.6 Å². The number of primary amides is 1. The molecule has 0 aliphatic heterocycles. The van der Waals surface area contributed by atoms with Crippen LogP contribution in [0, 0.1) is 155 Å². The number of rotatable bonds is 20. The minimum absolute atomic E-state index is 0.00447. The van der Waals surface area contributed by atoms with E-state index in [2.05, 4.69) is 74.6 Å². The molecular weight excluding hydrogens is 1690 g/mol. The summed E-state index contributed by atoms with van der Waals surface area (Å²) in [6.45, 7) is 31.1. The Morgan fingerprint density at radius 3 is 1.20 bits per heavy atom. The van der Waals surface area contributed by atoms with Gasteiger partial charge in [-0.3, -0.25) is 36.7 Å². The van der Waals surface area contributed by atoms with Crippen LogP contribution in [0.15, 0.2) is 30.3 Å². The van der Waals surface area contributed by atoms with Gasteiger partial charge in [0.15, 0.2) is 0 Å². The average Bonchev–Trinajstić information content (AvgIpc) is 1.63. The Balaban J connectivity index is 0.000000148. The number of hydrogen-bond acceptors (Lipinski definition) is 22. The summed E-state index contributed by atoms with van der Waals surface area (Å²) in [6.07, 6.45) is 17.3. The Hall–Kier alpha value is -2.38. The van der Waals surface area contributed by atoms with Crippen LogP contribution in [0.4, 0.5) is 5.69 Å². The monoisotopic (exact) mass is 1830 g/mol. The van der Waals surface area contributed by atoms with Crippen molar-refractivity contribution in [3.63, 3.8) is 0 Å². The maximum atomic E-state index is 12.0. The first-order valence-electron chi connectivity index (χ1n) is 43.7. The van der Waals surface area contributed by atoms with Crippen LogP contribution in [0.2, 0.25) is 0 Å². The van der Waals surface area contributed by atoms with Crippen molar-refractivity contribution in [1.82, 2.24) is 0 Å². The molecule has 16 bridgehead atoms. The van der Waals surface area contributed by atoms with E-state index in [0.717, 1.165) is 108 Å². The van der Waals surface area contributed by atoms with Crippen molar-refractivity contribution >= 4 is 82.4 Å². The van der Waals surface area contributed by atoms with E-state index >= 15 is 0 Å². The van der Waals surface area contributed by atoms with Crippen molar-refractivity contribution in [2.24, 2.45) is 195 Å². The molecular formula is C83H148N8O22S7. The highest BCUT2D eigenvalue weighted by Gasteiger charge is 2.73. The fraction of sp³-hybridized carbons (Fsp3) is 0.916. The molecule has 1 aromatic rings. The van der Waals surface area contributed by atoms with Gasteiger partial charge in [-0.1, -0.05) is 115 Å². The summed E-state index contributed by atoms with van der Waals surface area (Å²) < 4.78 is 226. The Morgan fingerprint density at radius 1 is 0.467 bits per heavy atom. The molecule has 22 N–H and O–H groups in total. The third kappa shape index (κ3) is 17.1. The van der Waals surface area contributed by atoms with E-state index in [-0.39, 0.29) is 121 Å². The minimum atomic E-state index is -4.11. The molecule has 16 aliphatic carbocycles. The highest BCUT2D eigenvalue weighted by Crippen LogP contribution is 2.72. The molecule has 0 spiro atoms. The standard InChI is InChI=1S/C16H23NO3S.C15H26N2O4S.2C11H21NO3S.3C10H19NO3S/c1-15(2)12-8-9-16(15,11-21(18,19)20)14(10-12)17-13-6-4-3-5-7-13;16-2-1-12(22(19,20)21)8-14-4-10-3-11(5-14)7-15(6-10,9-14)13(17)18;2*1-6-7-4-9(11(6,2)3)10(8(7)5-12)16(13,14)15;2*1-9(2)7-3-4-10(9,15(12,13)14)8(5-7)6-11;1-10(2)7-3-4-8(10)9(6(7)5-11)15(12,13)14/h3-7,12,14,17H,8-11H2,1-2H3,(H,18,19,20);10-12H,1-9,16H2,(H2,17,18)(H,19,20,21);2*6-10H,4-5,12H2,1-3H3,(H,13,14,15);2*7-8H,3-6,11H2,1-2H3,(H,12,13,14);6-9H,3-5,11H2,1-2H3,(H,12,13,14)/t12?,14?,16-;;6?,7?,8-,9?,10+;6?,7?,8-,9?,10-;7?,8-,10+;7?,8-,10-;6-,7?,8?,9-/m1.10010/s1. The van der Waals surface area contributed by atoms with Gasteiger partial charge in [0.05, 0.1) is 32.2 Å². The van der Waals surface area contributed by atoms with Gasteiger partial charge in [-0.25, -0.2) is 0 Å². The summed E-state index contributed by atoms with van der Waals surface area (Å²) in [5.74, 6) is 3.65. The van der Waals surface area contributed by atoms with E-state index in [1.165, 1.54) is 0 Å². The van der Waals surface area contributed by atoms with Crippen LogP contribution >= 0.6 is 0 Å². The first-order valence-corrected chi connectivity index (χ1v) is 54.3. The van der Waals surface area contributed by atoms with Crippen LogP contribution in [0.25, 0.3) is 0 Å². The normalized spacial score (nSPS) is 42.2. The molecule has 0 radical (unpaired) electrons. The Kier molecular flexibility index (Phi) is 28.1. The van der Waals surface area contributed by atoms with Crippen LogP contribution in [0.3, 0.4) is 0 Å². The van der Waals surface area contributed by atoms with Crippen LogP contribution in [0.5, 0.6) is 0 Å². The van der Waals surface area contributed by atoms with Gasteiger partial charge in [0.25, 0.3) is 70.8 Å². The Labute approximate surface area is 717 Å². The summed E-state index contributed by atoms with van der Waals surface area (Å²) >= 11 is 0. The number of amides is 1. The van der Waals surface area contributed by atoms with Crippen molar-refractivity contribution in [1.29, 1.82) is 0 Å². The van der Waals surface area contributed by atoms with E-state index in [1.54, 1.807) is 0 Å². The average molecular weight is 1830 g/mol. The van der Waals surface area contributed by atoms with Gasteiger partial charge in [-0.15, -0.1) is 0 Å². The highest BCUT2D eigenvalue weighted by molar-refractivity contribution is 7.88. The second kappa shape index (κ2) is 33.8. The summed E-state index contributed by atoms with van der Waals surface area (Å²) in [6, 6.07) is 9.99. The quantitative estimate of drug-likeness (QED) is 0.0540. The van der Waals surface area contributed by atoms with Gasteiger partial charge in [0, 0.05) is 17.1 Å². The SMILES string of the molecule is CC1(C)C2CCC1[C@H](CN)[C@@H]2S(=O)(=O)O.CC1(C)C2CC[C@@]1(CS(=O)(=O)O)C(Nc1ccccc1)C2.CC1(C)C2CC[C@@]1(S(=O)(=O)O)[C@@H](CN)C2.CC1(C)C2CC[C@@]1(S(=O)(=O)O)[C@H](CN)C2.CC1C2CC([C@@H](S(=O)(=O)O)[C@@H]2CN)C1(C)C.CC1C2CC([C@@H](S(=O)(=O)O)[C@H]2CN)C1(C)C.NCCC(CC12CC3CC(C1)CC(C(N)=O)(C3)C2)S(=O)(=O)O. The van der Waals surface area contributed by atoms with E-state index in [0.29, 0.717) is 118 Å². The largest absolute Gasteiger partial charge is 0.382 e. The highest BCUT2D eigenvalue weighted by atomic mass is 32.2. The van der Waals surface area contributed by atoms with Gasteiger partial charge in [-0.2, -0.15) is 58.9 Å². The van der Waals surface area contributed by atoms with E-state index < -0.39 is 107 Å². The number of carbonyl (C=O) groups is 1. The number of para-hydroxylation sites is 1. The van der Waals surface area contributed by atoms with Gasteiger partial charge in [0.1, 0.15) is 9.49 Å². The molecule has 1 amide bonds. The van der Waals surface area contributed by atoms with Gasteiger partial charge in [-0.05, 0) is 331 Å². The lowest BCUT2D eigenvalue weighted by Gasteiger charge is -2.61. The number of carbonyl (C=O) groups excluding carboxylic acids is 1. The summed E-state index contributed by atoms with van der Waals surface area (Å²) in [5.41, 5.74) is 38.7. The van der Waals surface area contributed by atoms with Crippen molar-refractivity contribution in [2.75, 3.05) is 50.3 Å². The lowest BCUT2D eigenvalue weighted by molar-refractivity contribution is -0.155. The van der Waals surface area contributed by atoms with Crippen molar-refractivity contribution in [3.05, 3.63) is 30.3 Å². The van der Waals surface area contributed by atoms with Gasteiger partial charge < -0.3 is 45.5 Å². The van der Waals surface area contributed by atoms with Crippen molar-refractivity contribution in [3.8, 4) is 0 Å². The molecule has 26 atom stereocenters. The van der Waals surface area contributed by atoms with E-state index in [9.17, 15) is 95.6 Å². The second-order valence-electron chi connectivity index (χ2n) is 43.6. The number of nitrogens with two attached hydrogens (primary N) is 7. The van der Waals surface area contributed by atoms with E-state index in [4.69, 9.17) is 40.1 Å². The predicted molar refractivity (Wildman–Crippen MR) is 465 cm³/mol. The molecule has 17 rings (SSSR count). The molecule has 16 aliphatic rings. The van der Waals surface area contributed by atoms with Crippen LogP contribution < -0.4 is 45.5 Å². The minimum Gasteiger partial charge on any atom is -0.382 e. The maximum absolute atomic E-state index is 12.0. The number of anilines is 1. The number of nitrogens with one attached hydrogen (secondary N) is 1. The van der Waals surface area contributed by atoms with Crippen molar-refractivity contribution in [2.45, 2.75) is 268 Å². The van der Waals surface area contributed by atoms with Crippen LogP contribution in [-0.4, -0.2) is 178 Å². The first-order chi connectivity index (χ1) is 54.7. The zero-order chi connectivity index (χ0) is 90.5.